The maximum absolute atomic E-state index is 12.7. The highest BCUT2D eigenvalue weighted by atomic mass is 32.1. The lowest BCUT2D eigenvalue weighted by molar-refractivity contribution is -0.384. The predicted molar refractivity (Wildman–Crippen MR) is 110 cm³/mol. The number of hydrogen-bond donors (Lipinski definition) is 1. The minimum absolute atomic E-state index is 0.141. The molecule has 0 unspecified atom stereocenters. The second-order valence-corrected chi connectivity index (χ2v) is 7.54. The van der Waals surface area contributed by atoms with Crippen molar-refractivity contribution < 1.29 is 19.2 Å². The molecule has 0 saturated carbocycles. The molecule has 0 atom stereocenters. The van der Waals surface area contributed by atoms with E-state index in [-0.39, 0.29) is 11.3 Å². The molecule has 8 heteroatoms. The van der Waals surface area contributed by atoms with Gasteiger partial charge in [-0.3, -0.25) is 14.9 Å². The van der Waals surface area contributed by atoms with Crippen molar-refractivity contribution >= 4 is 33.9 Å². The lowest BCUT2D eigenvalue weighted by atomic mass is 9.89. The van der Waals surface area contributed by atoms with Crippen LogP contribution in [0.1, 0.15) is 31.8 Å². The van der Waals surface area contributed by atoms with Gasteiger partial charge in [-0.05, 0) is 35.6 Å². The van der Waals surface area contributed by atoms with Crippen molar-refractivity contribution in [2.45, 2.75) is 12.8 Å². The fourth-order valence-electron chi connectivity index (χ4n) is 3.48. The summed E-state index contributed by atoms with van der Waals surface area (Å²) in [6, 6.07) is 13.4. The standard InChI is InChI=1S/C21H16N2O5S/c1-28-21(25)17-16-10-9-12-5-2-3-8-15(12)18(16)29-20(17)22-19(24)13-6-4-7-14(11-13)23(26)27/h2-8,11H,9-10H2,1H3,(H,22,24). The van der Waals surface area contributed by atoms with Crippen LogP contribution in [0.4, 0.5) is 10.7 Å². The van der Waals surface area contributed by atoms with Gasteiger partial charge in [0.05, 0.1) is 17.6 Å². The number of methoxy groups -OCH3 is 1. The smallest absolute Gasteiger partial charge is 0.341 e. The molecule has 1 heterocycles. The lowest BCUT2D eigenvalue weighted by Gasteiger charge is -2.16. The number of aryl methyl sites for hydroxylation is 1. The fourth-order valence-corrected chi connectivity index (χ4v) is 4.78. The molecule has 1 aliphatic carbocycles. The molecule has 1 aromatic heterocycles. The SMILES string of the molecule is COC(=O)c1c(NC(=O)c2cccc([N+](=O)[O-])c2)sc2c1CCc1ccccc1-2. The van der Waals surface area contributed by atoms with Gasteiger partial charge in [0.2, 0.25) is 0 Å². The quantitative estimate of drug-likeness (QED) is 0.390. The van der Waals surface area contributed by atoms with Crippen LogP contribution in [0.3, 0.4) is 0 Å². The summed E-state index contributed by atoms with van der Waals surface area (Å²) in [7, 11) is 1.30. The number of hydrogen-bond acceptors (Lipinski definition) is 6. The maximum Gasteiger partial charge on any atom is 0.341 e. The minimum atomic E-state index is -0.558. The zero-order valence-electron chi connectivity index (χ0n) is 15.4. The highest BCUT2D eigenvalue weighted by molar-refractivity contribution is 7.20. The number of fused-ring (bicyclic) bond motifs is 3. The number of nitrogens with one attached hydrogen (secondary N) is 1. The van der Waals surface area contributed by atoms with Crippen LogP contribution in [-0.2, 0) is 17.6 Å². The number of nitro benzene ring substituents is 1. The molecule has 0 saturated heterocycles. The lowest BCUT2D eigenvalue weighted by Crippen LogP contribution is -2.15. The third-order valence-electron chi connectivity index (χ3n) is 4.85. The third-order valence-corrected chi connectivity index (χ3v) is 6.03. The van der Waals surface area contributed by atoms with E-state index in [2.05, 4.69) is 11.4 Å². The molecule has 0 bridgehead atoms. The molecule has 4 rings (SSSR count). The highest BCUT2D eigenvalue weighted by Crippen LogP contribution is 2.45. The van der Waals surface area contributed by atoms with Gasteiger partial charge >= 0.3 is 5.97 Å². The number of nitrogens with zero attached hydrogens (tertiary/aromatic N) is 1. The summed E-state index contributed by atoms with van der Waals surface area (Å²) >= 11 is 1.32. The number of amides is 1. The van der Waals surface area contributed by atoms with E-state index in [0.717, 1.165) is 22.4 Å². The summed E-state index contributed by atoms with van der Waals surface area (Å²) in [4.78, 5) is 36.6. The first kappa shape index (κ1) is 18.8. The zero-order chi connectivity index (χ0) is 20.5. The van der Waals surface area contributed by atoms with E-state index in [4.69, 9.17) is 4.74 Å². The molecule has 1 N–H and O–H groups in total. The fraction of sp³-hybridized carbons (Fsp3) is 0.143. The molecule has 146 valence electrons. The molecule has 1 aliphatic rings. The van der Waals surface area contributed by atoms with Crippen molar-refractivity contribution in [1.82, 2.24) is 0 Å². The van der Waals surface area contributed by atoms with Crippen molar-refractivity contribution in [3.63, 3.8) is 0 Å². The van der Waals surface area contributed by atoms with Gasteiger partial charge in [0, 0.05) is 22.6 Å². The van der Waals surface area contributed by atoms with E-state index in [0.29, 0.717) is 17.0 Å². The van der Waals surface area contributed by atoms with Crippen LogP contribution in [0.2, 0.25) is 0 Å². The second-order valence-electron chi connectivity index (χ2n) is 6.52. The van der Waals surface area contributed by atoms with E-state index in [1.165, 1.54) is 48.3 Å². The molecule has 1 amide bonds. The molecular weight excluding hydrogens is 392 g/mol. The third kappa shape index (κ3) is 3.38. The van der Waals surface area contributed by atoms with Crippen LogP contribution in [-0.4, -0.2) is 23.9 Å². The number of non-ortho nitro benzene ring substituents is 1. The molecular formula is C21H16N2O5S. The van der Waals surface area contributed by atoms with Crippen molar-refractivity contribution in [3.8, 4) is 10.4 Å². The van der Waals surface area contributed by atoms with E-state index >= 15 is 0 Å². The van der Waals surface area contributed by atoms with Gasteiger partial charge in [0.25, 0.3) is 11.6 Å². The van der Waals surface area contributed by atoms with E-state index < -0.39 is 16.8 Å². The van der Waals surface area contributed by atoms with Gasteiger partial charge in [-0.1, -0.05) is 30.3 Å². The first-order valence-electron chi connectivity index (χ1n) is 8.87. The van der Waals surface area contributed by atoms with Crippen LogP contribution in [0.25, 0.3) is 10.4 Å². The van der Waals surface area contributed by atoms with Crippen LogP contribution < -0.4 is 5.32 Å². The van der Waals surface area contributed by atoms with E-state index in [1.807, 2.05) is 18.2 Å². The second kappa shape index (κ2) is 7.48. The largest absolute Gasteiger partial charge is 0.465 e. The van der Waals surface area contributed by atoms with Gasteiger partial charge in [-0.15, -0.1) is 11.3 Å². The number of thiophene rings is 1. The summed E-state index contributed by atoms with van der Waals surface area (Å²) in [5, 5.41) is 14.1. The van der Waals surface area contributed by atoms with E-state index in [9.17, 15) is 19.7 Å². The number of carbonyl (C=O) groups is 2. The average molecular weight is 408 g/mol. The zero-order valence-corrected chi connectivity index (χ0v) is 16.2. The first-order chi connectivity index (χ1) is 14.0. The summed E-state index contributed by atoms with van der Waals surface area (Å²) in [6.45, 7) is 0. The Hall–Kier alpha value is -3.52. The Morgan fingerprint density at radius 2 is 1.93 bits per heavy atom. The van der Waals surface area contributed by atoms with Crippen molar-refractivity contribution in [2.75, 3.05) is 12.4 Å². The number of rotatable bonds is 4. The summed E-state index contributed by atoms with van der Waals surface area (Å²) in [5.41, 5.74) is 3.40. The van der Waals surface area contributed by atoms with Crippen molar-refractivity contribution in [2.24, 2.45) is 0 Å². The van der Waals surface area contributed by atoms with E-state index in [1.54, 1.807) is 0 Å². The number of benzene rings is 2. The Labute approximate surface area is 170 Å². The minimum Gasteiger partial charge on any atom is -0.465 e. The van der Waals surface area contributed by atoms with Gasteiger partial charge < -0.3 is 10.1 Å². The van der Waals surface area contributed by atoms with Crippen molar-refractivity contribution in [1.29, 1.82) is 0 Å². The van der Waals surface area contributed by atoms with Crippen LogP contribution in [0.15, 0.2) is 48.5 Å². The molecule has 7 nitrogen and oxygen atoms in total. The van der Waals surface area contributed by atoms with Crippen LogP contribution in [0, 0.1) is 10.1 Å². The number of esters is 1. The number of anilines is 1. The topological polar surface area (TPSA) is 98.5 Å². The highest BCUT2D eigenvalue weighted by Gasteiger charge is 2.29. The predicted octanol–water partition coefficient (Wildman–Crippen LogP) is 4.46. The van der Waals surface area contributed by atoms with Crippen molar-refractivity contribution in [3.05, 3.63) is 80.9 Å². The van der Waals surface area contributed by atoms with Gasteiger partial charge in [0.1, 0.15) is 5.00 Å². The maximum atomic E-state index is 12.7. The van der Waals surface area contributed by atoms with Crippen LogP contribution in [0.5, 0.6) is 0 Å². The Bertz CT molecular complexity index is 1150. The summed E-state index contributed by atoms with van der Waals surface area (Å²) in [5.74, 6) is -1.04. The summed E-state index contributed by atoms with van der Waals surface area (Å²) < 4.78 is 4.95. The monoisotopic (exact) mass is 408 g/mol. The average Bonchev–Trinajstić information content (AvgIpc) is 3.11. The Morgan fingerprint density at radius 1 is 1.14 bits per heavy atom. The van der Waals surface area contributed by atoms with Crippen LogP contribution >= 0.6 is 11.3 Å². The molecule has 3 aromatic rings. The Kier molecular flexibility index (Phi) is 4.85. The normalized spacial score (nSPS) is 11.9. The molecule has 0 aliphatic heterocycles. The molecule has 2 aromatic carbocycles. The number of nitro groups is 1. The number of ether oxygens (including phenoxy) is 1. The van der Waals surface area contributed by atoms with Gasteiger partial charge in [-0.2, -0.15) is 0 Å². The number of carbonyl (C=O) groups excluding carboxylic acids is 2. The molecule has 0 fully saturated rings. The molecule has 0 radical (unpaired) electrons. The molecule has 29 heavy (non-hydrogen) atoms. The first-order valence-corrected chi connectivity index (χ1v) is 9.69. The van der Waals surface area contributed by atoms with Gasteiger partial charge in [-0.25, -0.2) is 4.79 Å². The Balaban J connectivity index is 1.76. The van der Waals surface area contributed by atoms with Gasteiger partial charge in [0.15, 0.2) is 0 Å². The summed E-state index contributed by atoms with van der Waals surface area (Å²) in [6.07, 6.45) is 1.46. The Morgan fingerprint density at radius 3 is 2.69 bits per heavy atom. The molecule has 0 spiro atoms.